The number of hydrogen-bond acceptors (Lipinski definition) is 7. The number of amides is 1. The molecular weight excluding hydrogens is 571 g/mol. The normalized spacial score (nSPS) is 11.1. The van der Waals surface area contributed by atoms with Gasteiger partial charge in [0.1, 0.15) is 41.1 Å². The van der Waals surface area contributed by atoms with Crippen LogP contribution in [-0.4, -0.2) is 57.8 Å². The number of aryl methyl sites for hydroxylation is 1. The molecule has 3 aromatic carbocycles. The maximum atomic E-state index is 14.8. The summed E-state index contributed by atoms with van der Waals surface area (Å²) >= 11 is 0. The lowest BCUT2D eigenvalue weighted by Crippen LogP contribution is -2.19. The van der Waals surface area contributed by atoms with Gasteiger partial charge in [-0.25, -0.2) is 23.1 Å². The molecule has 0 fully saturated rings. The average Bonchev–Trinajstić information content (AvgIpc) is 3.28. The molecule has 0 radical (unpaired) electrons. The van der Waals surface area contributed by atoms with Gasteiger partial charge in [0, 0.05) is 48.4 Å². The van der Waals surface area contributed by atoms with Gasteiger partial charge in [-0.05, 0) is 69.6 Å². The Kier molecular flexibility index (Phi) is 8.91. The number of benzene rings is 3. The van der Waals surface area contributed by atoms with E-state index >= 15 is 0 Å². The van der Waals surface area contributed by atoms with Crippen LogP contribution in [0, 0.1) is 24.4 Å². The smallest absolute Gasteiger partial charge is 0.261 e. The van der Waals surface area contributed by atoms with Crippen molar-refractivity contribution < 1.29 is 22.7 Å². The number of rotatable bonds is 10. The molecule has 5 aromatic rings. The summed E-state index contributed by atoms with van der Waals surface area (Å²) in [7, 11) is 5.71. The minimum absolute atomic E-state index is 0.262. The van der Waals surface area contributed by atoms with E-state index in [-0.39, 0.29) is 5.69 Å². The van der Waals surface area contributed by atoms with Crippen molar-refractivity contribution in [1.29, 1.82) is 0 Å². The van der Waals surface area contributed by atoms with Crippen LogP contribution in [0.2, 0.25) is 0 Å². The van der Waals surface area contributed by atoms with Crippen molar-refractivity contribution >= 4 is 23.2 Å². The lowest BCUT2D eigenvalue weighted by atomic mass is 10.0. The van der Waals surface area contributed by atoms with E-state index in [0.717, 1.165) is 42.2 Å². The molecule has 2 heterocycles. The molecule has 0 aliphatic rings. The fraction of sp³-hybridized carbons (Fsp3) is 0.188. The molecule has 1 amide bonds. The van der Waals surface area contributed by atoms with Gasteiger partial charge < -0.3 is 20.3 Å². The molecule has 12 heteroatoms. The molecule has 44 heavy (non-hydrogen) atoms. The van der Waals surface area contributed by atoms with Gasteiger partial charge in [-0.3, -0.25) is 9.48 Å². The monoisotopic (exact) mass is 601 g/mol. The minimum Gasteiger partial charge on any atom is -0.492 e. The number of carbonyl (C=O) groups is 1. The summed E-state index contributed by atoms with van der Waals surface area (Å²) in [4.78, 5) is 23.8. The highest BCUT2D eigenvalue weighted by Crippen LogP contribution is 2.35. The third kappa shape index (κ3) is 6.70. The van der Waals surface area contributed by atoms with Crippen molar-refractivity contribution in [2.45, 2.75) is 6.92 Å². The van der Waals surface area contributed by atoms with Crippen LogP contribution in [0.4, 0.5) is 30.5 Å². The van der Waals surface area contributed by atoms with E-state index in [1.807, 2.05) is 50.2 Å². The largest absolute Gasteiger partial charge is 0.492 e. The zero-order chi connectivity index (χ0) is 31.4. The molecule has 5 rings (SSSR count). The molecule has 0 unspecified atom stereocenters. The molecule has 0 spiro atoms. The van der Waals surface area contributed by atoms with Crippen LogP contribution < -0.4 is 15.4 Å². The van der Waals surface area contributed by atoms with Crippen molar-refractivity contribution in [3.05, 3.63) is 102 Å². The number of carbonyl (C=O) groups excluding carboxylic acids is 1. The van der Waals surface area contributed by atoms with E-state index in [9.17, 15) is 18.0 Å². The van der Waals surface area contributed by atoms with E-state index in [1.165, 1.54) is 12.1 Å². The van der Waals surface area contributed by atoms with Gasteiger partial charge in [-0.15, -0.1) is 0 Å². The number of hydrogen-bond donors (Lipinski definition) is 2. The zero-order valence-corrected chi connectivity index (χ0v) is 24.5. The van der Waals surface area contributed by atoms with Crippen LogP contribution in [0.3, 0.4) is 0 Å². The van der Waals surface area contributed by atoms with E-state index in [1.54, 1.807) is 24.0 Å². The van der Waals surface area contributed by atoms with Crippen molar-refractivity contribution in [2.75, 3.05) is 37.9 Å². The van der Waals surface area contributed by atoms with E-state index in [4.69, 9.17) is 9.72 Å². The highest BCUT2D eigenvalue weighted by atomic mass is 19.1. The molecule has 0 aliphatic heterocycles. The predicted octanol–water partition coefficient (Wildman–Crippen LogP) is 6.21. The van der Waals surface area contributed by atoms with Crippen LogP contribution in [0.1, 0.15) is 16.1 Å². The van der Waals surface area contributed by atoms with Crippen molar-refractivity contribution in [2.24, 2.45) is 7.05 Å². The van der Waals surface area contributed by atoms with Crippen molar-refractivity contribution in [1.82, 2.24) is 24.6 Å². The Bertz CT molecular complexity index is 1800. The van der Waals surface area contributed by atoms with Gasteiger partial charge in [0.2, 0.25) is 5.95 Å². The molecule has 0 saturated heterocycles. The maximum absolute atomic E-state index is 14.8. The Morgan fingerprint density at radius 3 is 2.48 bits per heavy atom. The highest BCUT2D eigenvalue weighted by molar-refractivity contribution is 6.05. The van der Waals surface area contributed by atoms with Gasteiger partial charge in [-0.1, -0.05) is 12.1 Å². The highest BCUT2D eigenvalue weighted by Gasteiger charge is 2.22. The third-order valence-electron chi connectivity index (χ3n) is 6.82. The number of ether oxygens (including phenoxy) is 1. The number of likely N-dealkylation sites (N-methyl/N-ethyl adjacent to an activating group) is 1. The summed E-state index contributed by atoms with van der Waals surface area (Å²) in [5, 5.41) is 10.1. The second-order valence-corrected chi connectivity index (χ2v) is 10.2. The molecule has 0 saturated carbocycles. The second-order valence-electron chi connectivity index (χ2n) is 10.2. The fourth-order valence-corrected chi connectivity index (χ4v) is 4.48. The minimum atomic E-state index is -1.12. The second kappa shape index (κ2) is 13.0. The van der Waals surface area contributed by atoms with Gasteiger partial charge in [0.25, 0.3) is 5.91 Å². The Labute approximate surface area is 252 Å². The molecule has 0 atom stereocenters. The van der Waals surface area contributed by atoms with E-state index in [2.05, 4.69) is 20.7 Å². The Hall–Kier alpha value is -5.23. The molecule has 0 aliphatic carbocycles. The summed E-state index contributed by atoms with van der Waals surface area (Å²) in [6.07, 6.45) is 1.61. The molecule has 9 nitrogen and oxygen atoms in total. The first-order valence-corrected chi connectivity index (χ1v) is 13.7. The lowest BCUT2D eigenvalue weighted by molar-refractivity contribution is 0.101. The lowest BCUT2D eigenvalue weighted by Gasteiger charge is -2.12. The summed E-state index contributed by atoms with van der Waals surface area (Å²) < 4.78 is 50.6. The summed E-state index contributed by atoms with van der Waals surface area (Å²) in [6.45, 7) is 3.19. The van der Waals surface area contributed by atoms with Gasteiger partial charge >= 0.3 is 0 Å². The predicted molar refractivity (Wildman–Crippen MR) is 162 cm³/mol. The van der Waals surface area contributed by atoms with Crippen LogP contribution >= 0.6 is 0 Å². The van der Waals surface area contributed by atoms with E-state index < -0.39 is 28.9 Å². The van der Waals surface area contributed by atoms with Gasteiger partial charge in [-0.2, -0.15) is 5.10 Å². The number of anilines is 3. The Balaban J connectivity index is 1.43. The molecule has 2 N–H and O–H groups in total. The number of nitrogens with one attached hydrogen (secondary N) is 2. The average molecular weight is 602 g/mol. The van der Waals surface area contributed by atoms with Crippen molar-refractivity contribution in [3.8, 4) is 28.3 Å². The van der Waals surface area contributed by atoms with E-state index in [0.29, 0.717) is 40.8 Å². The Morgan fingerprint density at radius 1 is 0.977 bits per heavy atom. The van der Waals surface area contributed by atoms with Gasteiger partial charge in [0.15, 0.2) is 0 Å². The quantitative estimate of drug-likeness (QED) is 0.197. The molecule has 2 aromatic heterocycles. The zero-order valence-electron chi connectivity index (χ0n) is 24.5. The molecule has 0 bridgehead atoms. The first kappa shape index (κ1) is 30.2. The topological polar surface area (TPSA) is 97.2 Å². The van der Waals surface area contributed by atoms with Crippen LogP contribution in [-0.2, 0) is 7.05 Å². The third-order valence-corrected chi connectivity index (χ3v) is 6.82. The fourth-order valence-electron chi connectivity index (χ4n) is 4.48. The standard InChI is InChI=1S/C32H30F3N7O2/c1-19-28(26-13-14-36-32(39-26)37-21-7-5-8-22(18-21)44-16-15-41(2)3)30(40-42(19)4)20-11-12-23(33)27(17-20)38-31(43)29-24(34)9-6-10-25(29)35/h5-14,17-18H,15-16H2,1-4H3,(H,38,43)(H,36,37,39). The summed E-state index contributed by atoms with van der Waals surface area (Å²) in [5.74, 6) is -2.98. The number of halogens is 3. The number of nitrogens with zero attached hydrogens (tertiary/aromatic N) is 5. The maximum Gasteiger partial charge on any atom is 0.261 e. The molecule has 226 valence electrons. The van der Waals surface area contributed by atoms with Gasteiger partial charge in [0.05, 0.1) is 11.4 Å². The van der Waals surface area contributed by atoms with Crippen LogP contribution in [0.15, 0.2) is 72.9 Å². The first-order chi connectivity index (χ1) is 21.1. The summed E-state index contributed by atoms with van der Waals surface area (Å²) in [5.41, 5.74) is 2.54. The Morgan fingerprint density at radius 2 is 1.73 bits per heavy atom. The first-order valence-electron chi connectivity index (χ1n) is 13.7. The van der Waals surface area contributed by atoms with Crippen LogP contribution in [0.25, 0.3) is 22.5 Å². The van der Waals surface area contributed by atoms with Crippen LogP contribution in [0.5, 0.6) is 5.75 Å². The molecular formula is C32H30F3N7O2. The number of aromatic nitrogens is 4. The summed E-state index contributed by atoms with van der Waals surface area (Å²) in [6, 6.07) is 16.3. The van der Waals surface area contributed by atoms with Crippen molar-refractivity contribution in [3.63, 3.8) is 0 Å². The SMILES string of the molecule is Cc1c(-c2ccnc(Nc3cccc(OCCN(C)C)c3)n2)c(-c2ccc(F)c(NC(=O)c3c(F)cccc3F)c2)nn1C.